The molecule has 2 aromatic carbocycles. The highest BCUT2D eigenvalue weighted by atomic mass is 32.2. The maximum atomic E-state index is 12.8. The fourth-order valence-electron chi connectivity index (χ4n) is 2.94. The molecule has 0 aliphatic carbocycles. The van der Waals surface area contributed by atoms with Crippen LogP contribution in [0.25, 0.3) is 10.8 Å². The SMILES string of the molecule is CCN(CC)c1cccc2c(S(=O)(=O)NC(CC(=O)O)C(=O)O)cccc12. The number of carboxylic acids is 2. The third kappa shape index (κ3) is 4.55. The molecule has 0 heterocycles. The fraction of sp³-hybridized carbons (Fsp3) is 0.333. The van der Waals surface area contributed by atoms with Crippen molar-refractivity contribution in [3.63, 3.8) is 0 Å². The molecule has 27 heavy (non-hydrogen) atoms. The number of fused-ring (bicyclic) bond motifs is 1. The van der Waals surface area contributed by atoms with Crippen molar-refractivity contribution in [2.24, 2.45) is 0 Å². The Balaban J connectivity index is 2.56. The maximum absolute atomic E-state index is 12.8. The van der Waals surface area contributed by atoms with Crippen LogP contribution in [0.5, 0.6) is 0 Å². The van der Waals surface area contributed by atoms with Crippen molar-refractivity contribution in [3.05, 3.63) is 36.4 Å². The van der Waals surface area contributed by atoms with E-state index in [1.165, 1.54) is 6.07 Å². The summed E-state index contributed by atoms with van der Waals surface area (Å²) < 4.78 is 27.6. The Morgan fingerprint density at radius 1 is 1.04 bits per heavy atom. The van der Waals surface area contributed by atoms with Gasteiger partial charge in [0.25, 0.3) is 0 Å². The summed E-state index contributed by atoms with van der Waals surface area (Å²) in [4.78, 5) is 24.1. The second kappa shape index (κ2) is 8.36. The number of rotatable bonds is 9. The molecular formula is C18H22N2O6S. The Labute approximate surface area is 157 Å². The van der Waals surface area contributed by atoms with Gasteiger partial charge in [-0.3, -0.25) is 9.59 Å². The average molecular weight is 394 g/mol. The molecule has 0 aromatic heterocycles. The van der Waals surface area contributed by atoms with Gasteiger partial charge >= 0.3 is 11.9 Å². The Bertz CT molecular complexity index is 953. The molecule has 2 aromatic rings. The summed E-state index contributed by atoms with van der Waals surface area (Å²) in [6, 6.07) is 8.27. The van der Waals surface area contributed by atoms with Gasteiger partial charge < -0.3 is 15.1 Å². The van der Waals surface area contributed by atoms with E-state index in [1.54, 1.807) is 24.3 Å². The molecule has 1 unspecified atom stereocenters. The first kappa shape index (κ1) is 20.7. The average Bonchev–Trinajstić information content (AvgIpc) is 2.61. The molecule has 9 heteroatoms. The highest BCUT2D eigenvalue weighted by molar-refractivity contribution is 7.89. The van der Waals surface area contributed by atoms with Gasteiger partial charge in [-0.1, -0.05) is 24.3 Å². The lowest BCUT2D eigenvalue weighted by Gasteiger charge is -2.23. The van der Waals surface area contributed by atoms with Crippen molar-refractivity contribution in [3.8, 4) is 0 Å². The molecule has 0 aliphatic heterocycles. The molecule has 0 saturated carbocycles. The van der Waals surface area contributed by atoms with Gasteiger partial charge in [-0.2, -0.15) is 4.72 Å². The first-order valence-electron chi connectivity index (χ1n) is 8.44. The molecule has 0 bridgehead atoms. The van der Waals surface area contributed by atoms with Crippen LogP contribution < -0.4 is 9.62 Å². The highest BCUT2D eigenvalue weighted by Gasteiger charge is 2.28. The molecular weight excluding hydrogens is 372 g/mol. The summed E-state index contributed by atoms with van der Waals surface area (Å²) in [7, 11) is -4.25. The van der Waals surface area contributed by atoms with E-state index >= 15 is 0 Å². The number of hydrogen-bond donors (Lipinski definition) is 3. The summed E-state index contributed by atoms with van der Waals surface area (Å²) in [6.45, 7) is 5.47. The lowest BCUT2D eigenvalue weighted by molar-refractivity contribution is -0.145. The zero-order valence-corrected chi connectivity index (χ0v) is 15.9. The van der Waals surface area contributed by atoms with Gasteiger partial charge in [0.1, 0.15) is 6.04 Å². The Hall–Kier alpha value is -2.65. The van der Waals surface area contributed by atoms with Crippen LogP contribution in [-0.4, -0.2) is 49.7 Å². The van der Waals surface area contributed by atoms with Gasteiger partial charge in [0, 0.05) is 29.5 Å². The summed E-state index contributed by atoms with van der Waals surface area (Å²) in [5.74, 6) is -2.96. The quantitative estimate of drug-likeness (QED) is 0.593. The molecule has 0 radical (unpaired) electrons. The van der Waals surface area contributed by atoms with Crippen LogP contribution in [0.4, 0.5) is 5.69 Å². The number of carbonyl (C=O) groups is 2. The van der Waals surface area contributed by atoms with Crippen LogP contribution >= 0.6 is 0 Å². The molecule has 3 N–H and O–H groups in total. The number of nitrogens with zero attached hydrogens (tertiary/aromatic N) is 1. The lowest BCUT2D eigenvalue weighted by Crippen LogP contribution is -2.42. The second-order valence-corrected chi connectivity index (χ2v) is 7.59. The van der Waals surface area contributed by atoms with E-state index in [9.17, 15) is 18.0 Å². The van der Waals surface area contributed by atoms with Gasteiger partial charge in [0.05, 0.1) is 11.3 Å². The topological polar surface area (TPSA) is 124 Å². The minimum atomic E-state index is -4.25. The van der Waals surface area contributed by atoms with Crippen LogP contribution in [0.1, 0.15) is 20.3 Å². The zero-order valence-electron chi connectivity index (χ0n) is 15.0. The van der Waals surface area contributed by atoms with E-state index in [-0.39, 0.29) is 4.90 Å². The zero-order chi connectivity index (χ0) is 20.2. The van der Waals surface area contributed by atoms with Gasteiger partial charge in [-0.05, 0) is 26.0 Å². The number of benzene rings is 2. The monoisotopic (exact) mass is 394 g/mol. The van der Waals surface area contributed by atoms with E-state index in [0.29, 0.717) is 10.8 Å². The molecule has 0 aliphatic rings. The Morgan fingerprint density at radius 2 is 1.63 bits per heavy atom. The number of hydrogen-bond acceptors (Lipinski definition) is 5. The molecule has 0 amide bonds. The van der Waals surface area contributed by atoms with E-state index < -0.39 is 34.4 Å². The molecule has 8 nitrogen and oxygen atoms in total. The maximum Gasteiger partial charge on any atom is 0.322 e. The van der Waals surface area contributed by atoms with Gasteiger partial charge in [0.2, 0.25) is 10.0 Å². The first-order chi connectivity index (χ1) is 12.7. The third-order valence-corrected chi connectivity index (χ3v) is 5.76. The fourth-order valence-corrected chi connectivity index (χ4v) is 4.35. The largest absolute Gasteiger partial charge is 0.481 e. The van der Waals surface area contributed by atoms with Crippen LogP contribution in [0.3, 0.4) is 0 Å². The smallest absolute Gasteiger partial charge is 0.322 e. The number of nitrogens with one attached hydrogen (secondary N) is 1. The van der Waals surface area contributed by atoms with E-state index in [0.717, 1.165) is 18.8 Å². The molecule has 146 valence electrons. The molecule has 0 fully saturated rings. The van der Waals surface area contributed by atoms with Crippen molar-refractivity contribution in [1.29, 1.82) is 0 Å². The van der Waals surface area contributed by atoms with Gasteiger partial charge in [0.15, 0.2) is 0 Å². The van der Waals surface area contributed by atoms with Crippen molar-refractivity contribution in [2.45, 2.75) is 31.2 Å². The minimum Gasteiger partial charge on any atom is -0.481 e. The van der Waals surface area contributed by atoms with Crippen LogP contribution in [0.15, 0.2) is 41.3 Å². The molecule has 0 spiro atoms. The van der Waals surface area contributed by atoms with Gasteiger partial charge in [-0.15, -0.1) is 0 Å². The first-order valence-corrected chi connectivity index (χ1v) is 9.93. The van der Waals surface area contributed by atoms with E-state index in [1.807, 2.05) is 24.6 Å². The standard InChI is InChI=1S/C18H22N2O6S/c1-3-20(4-2)15-9-5-8-13-12(15)7-6-10-16(13)27(25,26)19-14(18(23)24)11-17(21)22/h5-10,14,19H,3-4,11H2,1-2H3,(H,21,22)(H,23,24). The van der Waals surface area contributed by atoms with Crippen molar-refractivity contribution >= 4 is 38.4 Å². The van der Waals surface area contributed by atoms with Crippen LogP contribution in [0, 0.1) is 0 Å². The molecule has 2 rings (SSSR count). The van der Waals surface area contributed by atoms with Crippen molar-refractivity contribution < 1.29 is 28.2 Å². The van der Waals surface area contributed by atoms with E-state index in [2.05, 4.69) is 4.90 Å². The van der Waals surface area contributed by atoms with Gasteiger partial charge in [-0.25, -0.2) is 8.42 Å². The predicted molar refractivity (Wildman–Crippen MR) is 102 cm³/mol. The van der Waals surface area contributed by atoms with Crippen molar-refractivity contribution in [1.82, 2.24) is 4.72 Å². The van der Waals surface area contributed by atoms with Crippen LogP contribution in [0.2, 0.25) is 0 Å². The summed E-state index contributed by atoms with van der Waals surface area (Å²) >= 11 is 0. The highest BCUT2D eigenvalue weighted by Crippen LogP contribution is 2.31. The number of sulfonamides is 1. The molecule has 0 saturated heterocycles. The minimum absolute atomic E-state index is 0.0920. The number of anilines is 1. The summed E-state index contributed by atoms with van der Waals surface area (Å²) in [5.41, 5.74) is 0.870. The van der Waals surface area contributed by atoms with Crippen LogP contribution in [-0.2, 0) is 19.6 Å². The van der Waals surface area contributed by atoms with Crippen molar-refractivity contribution in [2.75, 3.05) is 18.0 Å². The predicted octanol–water partition coefficient (Wildman–Crippen LogP) is 1.89. The number of carboxylic acid groups (broad SMARTS) is 2. The third-order valence-electron chi connectivity index (χ3n) is 4.23. The number of aliphatic carboxylic acids is 2. The molecule has 1 atom stereocenters. The Kier molecular flexibility index (Phi) is 6.40. The summed E-state index contributed by atoms with van der Waals surface area (Å²) in [6.07, 6.45) is -0.857. The van der Waals surface area contributed by atoms with E-state index in [4.69, 9.17) is 10.2 Å². The Morgan fingerprint density at radius 3 is 2.19 bits per heavy atom. The lowest BCUT2D eigenvalue weighted by atomic mass is 10.1. The summed E-state index contributed by atoms with van der Waals surface area (Å²) in [5, 5.41) is 19.1. The second-order valence-electron chi connectivity index (χ2n) is 5.91. The normalized spacial score (nSPS) is 12.7.